The van der Waals surface area contributed by atoms with Crippen LogP contribution in [0.15, 0.2) is 17.6 Å². The van der Waals surface area contributed by atoms with Crippen LogP contribution in [-0.4, -0.2) is 7.25 Å². The van der Waals surface area contributed by atoms with Crippen LogP contribution in [0.5, 0.6) is 0 Å². The van der Waals surface area contributed by atoms with Gasteiger partial charge in [0.05, 0.1) is 10.0 Å². The molecular formula is C9H8BCl2F4NS. The molecule has 18 heavy (non-hydrogen) atoms. The Bertz CT molecular complexity index is 537. The number of aromatic nitrogens is 1. The minimum Gasteiger partial charge on any atom is -0.418 e. The van der Waals surface area contributed by atoms with Crippen LogP contribution in [0.25, 0.3) is 10.2 Å². The number of hydrogen-bond acceptors (Lipinski definition) is 1. The van der Waals surface area contributed by atoms with Crippen LogP contribution < -0.4 is 4.57 Å². The predicted molar refractivity (Wildman–Crippen MR) is 67.9 cm³/mol. The molecule has 0 saturated heterocycles. The zero-order valence-corrected chi connectivity index (χ0v) is 11.5. The molecule has 1 aromatic heterocycles. The molecule has 0 bridgehead atoms. The molecule has 100 valence electrons. The quantitative estimate of drug-likeness (QED) is 0.403. The van der Waals surface area contributed by atoms with Crippen LogP contribution in [0, 0.1) is 0 Å². The van der Waals surface area contributed by atoms with E-state index in [-0.39, 0.29) is 0 Å². The second kappa shape index (κ2) is 6.08. The number of halogens is 6. The van der Waals surface area contributed by atoms with Crippen LogP contribution in [0.4, 0.5) is 17.3 Å². The van der Waals surface area contributed by atoms with E-state index in [0.717, 1.165) is 12.1 Å². The van der Waals surface area contributed by atoms with Gasteiger partial charge in [-0.05, 0) is 13.0 Å². The van der Waals surface area contributed by atoms with Crippen molar-refractivity contribution in [3.05, 3.63) is 27.7 Å². The highest BCUT2D eigenvalue weighted by molar-refractivity contribution is 7.16. The number of aryl methyl sites for hydroxylation is 1. The van der Waals surface area contributed by atoms with Crippen molar-refractivity contribution >= 4 is 52.0 Å². The molecule has 1 nitrogen and oxygen atoms in total. The van der Waals surface area contributed by atoms with E-state index in [2.05, 4.69) is 17.0 Å². The van der Waals surface area contributed by atoms with E-state index in [1.165, 1.54) is 4.70 Å². The van der Waals surface area contributed by atoms with Crippen LogP contribution in [0.1, 0.15) is 6.92 Å². The Hall–Kier alpha value is -0.525. The summed E-state index contributed by atoms with van der Waals surface area (Å²) < 4.78 is 42.3. The average molecular weight is 320 g/mol. The molecule has 0 unspecified atom stereocenters. The Morgan fingerprint density at radius 1 is 1.17 bits per heavy atom. The van der Waals surface area contributed by atoms with E-state index in [9.17, 15) is 17.3 Å². The minimum atomic E-state index is -6.00. The summed E-state index contributed by atoms with van der Waals surface area (Å²) in [7, 11) is -6.00. The molecule has 0 aliphatic carbocycles. The van der Waals surface area contributed by atoms with Crippen molar-refractivity contribution in [3.8, 4) is 0 Å². The van der Waals surface area contributed by atoms with Crippen molar-refractivity contribution in [3.63, 3.8) is 0 Å². The molecule has 0 atom stereocenters. The number of benzene rings is 1. The fraction of sp³-hybridized carbons (Fsp3) is 0.222. The van der Waals surface area contributed by atoms with Gasteiger partial charge in [-0.1, -0.05) is 34.5 Å². The normalized spacial score (nSPS) is 11.3. The third-order valence-corrected chi connectivity index (χ3v) is 3.62. The van der Waals surface area contributed by atoms with E-state index < -0.39 is 7.25 Å². The van der Waals surface area contributed by atoms with E-state index >= 15 is 0 Å². The Balaban J connectivity index is 0.000000280. The second-order valence-corrected chi connectivity index (χ2v) is 4.94. The third-order valence-electron chi connectivity index (χ3n) is 1.96. The highest BCUT2D eigenvalue weighted by Crippen LogP contribution is 2.28. The molecule has 0 N–H and O–H groups in total. The molecule has 0 amide bonds. The van der Waals surface area contributed by atoms with Gasteiger partial charge < -0.3 is 17.3 Å². The maximum absolute atomic E-state index is 9.75. The summed E-state index contributed by atoms with van der Waals surface area (Å²) in [6.07, 6.45) is 0. The zero-order chi connectivity index (χ0) is 13.9. The molecule has 0 aliphatic rings. The van der Waals surface area contributed by atoms with Crippen LogP contribution in [0.2, 0.25) is 10.0 Å². The zero-order valence-electron chi connectivity index (χ0n) is 9.14. The van der Waals surface area contributed by atoms with Gasteiger partial charge in [-0.2, -0.15) is 4.57 Å². The number of rotatable bonds is 1. The maximum atomic E-state index is 9.75. The van der Waals surface area contributed by atoms with Crippen molar-refractivity contribution in [2.45, 2.75) is 13.5 Å². The number of thiazole rings is 1. The Kier molecular flexibility index (Phi) is 5.25. The second-order valence-electron chi connectivity index (χ2n) is 3.24. The molecule has 1 heterocycles. The molecule has 1 aromatic carbocycles. The van der Waals surface area contributed by atoms with Gasteiger partial charge in [0, 0.05) is 6.07 Å². The average Bonchev–Trinajstić information content (AvgIpc) is 2.58. The van der Waals surface area contributed by atoms with Crippen molar-refractivity contribution in [1.82, 2.24) is 0 Å². The maximum Gasteiger partial charge on any atom is 0.673 e. The van der Waals surface area contributed by atoms with Crippen LogP contribution in [-0.2, 0) is 6.54 Å². The van der Waals surface area contributed by atoms with Crippen molar-refractivity contribution in [2.24, 2.45) is 0 Å². The fourth-order valence-electron chi connectivity index (χ4n) is 1.26. The third kappa shape index (κ3) is 4.63. The van der Waals surface area contributed by atoms with Gasteiger partial charge in [-0.25, -0.2) is 0 Å². The van der Waals surface area contributed by atoms with Gasteiger partial charge in [0.25, 0.3) is 0 Å². The molecule has 0 saturated carbocycles. The fourth-order valence-corrected chi connectivity index (χ4v) is 2.63. The van der Waals surface area contributed by atoms with E-state index in [1.54, 1.807) is 11.3 Å². The number of nitrogens with zero attached hydrogens (tertiary/aromatic N) is 1. The van der Waals surface area contributed by atoms with E-state index in [1.807, 2.05) is 12.1 Å². The SMILES string of the molecule is CC[n+]1csc2cc(Cl)c(Cl)cc21.F[B-](F)(F)F. The molecule has 0 fully saturated rings. The molecule has 2 aromatic rings. The summed E-state index contributed by atoms with van der Waals surface area (Å²) in [6, 6.07) is 3.83. The molecule has 0 radical (unpaired) electrons. The summed E-state index contributed by atoms with van der Waals surface area (Å²) in [5.41, 5.74) is 3.24. The van der Waals surface area contributed by atoms with Gasteiger partial charge in [0.2, 0.25) is 11.0 Å². The topological polar surface area (TPSA) is 3.88 Å². The van der Waals surface area contributed by atoms with Gasteiger partial charge >= 0.3 is 7.25 Å². The van der Waals surface area contributed by atoms with E-state index in [4.69, 9.17) is 23.2 Å². The van der Waals surface area contributed by atoms with Gasteiger partial charge in [-0.3, -0.25) is 0 Å². The molecule has 0 spiro atoms. The molecule has 2 rings (SSSR count). The van der Waals surface area contributed by atoms with Crippen molar-refractivity contribution in [1.29, 1.82) is 0 Å². The predicted octanol–water partition coefficient (Wildman–Crippen LogP) is 4.82. The van der Waals surface area contributed by atoms with Gasteiger partial charge in [-0.15, -0.1) is 0 Å². The van der Waals surface area contributed by atoms with Gasteiger partial charge in [0.15, 0.2) is 0 Å². The Morgan fingerprint density at radius 3 is 2.17 bits per heavy atom. The largest absolute Gasteiger partial charge is 0.673 e. The first-order chi connectivity index (χ1) is 8.22. The lowest BCUT2D eigenvalue weighted by atomic mass is 10.3. The minimum absolute atomic E-state index is 0.620. The Labute approximate surface area is 115 Å². The summed E-state index contributed by atoms with van der Waals surface area (Å²) in [5, 5.41) is 1.24. The first-order valence-electron chi connectivity index (χ1n) is 4.85. The molecular weight excluding hydrogens is 312 g/mol. The highest BCUT2D eigenvalue weighted by atomic mass is 35.5. The van der Waals surface area contributed by atoms with Crippen LogP contribution in [0.3, 0.4) is 0 Å². The summed E-state index contributed by atoms with van der Waals surface area (Å²) in [6.45, 7) is 3.06. The standard InChI is InChI=1S/C9H8Cl2NS.BF4/c1-2-12-5-13-9-4-7(11)6(10)3-8(9)12;2-1(3,4)5/h3-5H,2H2,1H3;/q+1;-1. The summed E-state index contributed by atoms with van der Waals surface area (Å²) in [5.74, 6) is 0. The number of hydrogen-bond donors (Lipinski definition) is 0. The Morgan fingerprint density at radius 2 is 1.67 bits per heavy atom. The molecule has 9 heteroatoms. The first kappa shape index (κ1) is 15.5. The molecule has 0 aliphatic heterocycles. The van der Waals surface area contributed by atoms with Crippen LogP contribution >= 0.6 is 34.5 Å². The van der Waals surface area contributed by atoms with Crippen molar-refractivity contribution < 1.29 is 21.8 Å². The lowest BCUT2D eigenvalue weighted by molar-refractivity contribution is -0.663. The lowest BCUT2D eigenvalue weighted by Crippen LogP contribution is -2.29. The monoisotopic (exact) mass is 319 g/mol. The summed E-state index contributed by atoms with van der Waals surface area (Å²) in [4.78, 5) is 0. The van der Waals surface area contributed by atoms with E-state index in [0.29, 0.717) is 10.0 Å². The first-order valence-corrected chi connectivity index (χ1v) is 6.49. The lowest BCUT2D eigenvalue weighted by Gasteiger charge is -1.94. The highest BCUT2D eigenvalue weighted by Gasteiger charge is 2.20. The van der Waals surface area contributed by atoms with Crippen molar-refractivity contribution in [2.75, 3.05) is 0 Å². The smallest absolute Gasteiger partial charge is 0.418 e. The van der Waals surface area contributed by atoms with Gasteiger partial charge in [0.1, 0.15) is 11.2 Å². The summed E-state index contributed by atoms with van der Waals surface area (Å²) >= 11 is 13.5. The number of fused-ring (bicyclic) bond motifs is 1.